The van der Waals surface area contributed by atoms with Gasteiger partial charge in [-0.2, -0.15) is 0 Å². The van der Waals surface area contributed by atoms with E-state index in [-0.39, 0.29) is 34.9 Å². The van der Waals surface area contributed by atoms with E-state index in [0.717, 1.165) is 5.56 Å². The lowest BCUT2D eigenvalue weighted by atomic mass is 9.65. The molecular weight excluding hydrogens is 427 g/mol. The van der Waals surface area contributed by atoms with Gasteiger partial charge in [0, 0.05) is 17.7 Å². The SMILES string of the molecule is CC(=N)C(C)[C@@](C)(CC(C)=O)C(C)C.CCc1cc(C(=O)N[C@@H](C)c2ccccc2)ccc1F. The smallest absolute Gasteiger partial charge is 0.251 e. The van der Waals surface area contributed by atoms with Crippen molar-refractivity contribution in [1.82, 2.24) is 5.32 Å². The fourth-order valence-corrected chi connectivity index (χ4v) is 3.98. The van der Waals surface area contributed by atoms with Gasteiger partial charge in [-0.05, 0) is 73.8 Å². The maximum Gasteiger partial charge on any atom is 0.251 e. The number of ketones is 1. The lowest BCUT2D eigenvalue weighted by Crippen LogP contribution is -2.36. The van der Waals surface area contributed by atoms with E-state index in [1.54, 1.807) is 13.0 Å². The second-order valence-corrected chi connectivity index (χ2v) is 9.71. The van der Waals surface area contributed by atoms with Crippen LogP contribution in [0.4, 0.5) is 4.39 Å². The van der Waals surface area contributed by atoms with Crippen molar-refractivity contribution in [2.24, 2.45) is 17.3 Å². The summed E-state index contributed by atoms with van der Waals surface area (Å²) < 4.78 is 13.4. The average Bonchev–Trinajstić information content (AvgIpc) is 2.79. The largest absolute Gasteiger partial charge is 0.346 e. The Hall–Kier alpha value is -2.82. The van der Waals surface area contributed by atoms with Crippen molar-refractivity contribution in [3.05, 3.63) is 71.0 Å². The van der Waals surface area contributed by atoms with E-state index in [0.29, 0.717) is 35.6 Å². The number of Topliss-reactive ketones (excluding diaryl/α,β-unsaturated/α-hetero) is 1. The Morgan fingerprint density at radius 1 is 1.03 bits per heavy atom. The van der Waals surface area contributed by atoms with Gasteiger partial charge in [0.05, 0.1) is 6.04 Å². The number of amides is 1. The molecule has 0 bridgehead atoms. The highest BCUT2D eigenvalue weighted by Gasteiger charge is 2.36. The van der Waals surface area contributed by atoms with Gasteiger partial charge in [0.2, 0.25) is 0 Å². The molecule has 0 saturated carbocycles. The Labute approximate surface area is 204 Å². The zero-order valence-corrected chi connectivity index (χ0v) is 22.0. The maximum atomic E-state index is 13.4. The molecule has 2 N–H and O–H groups in total. The summed E-state index contributed by atoms with van der Waals surface area (Å²) in [5.74, 6) is 0.360. The van der Waals surface area contributed by atoms with Crippen LogP contribution in [0.1, 0.15) is 89.3 Å². The van der Waals surface area contributed by atoms with Crippen LogP contribution in [0.2, 0.25) is 0 Å². The number of hydrogen-bond donors (Lipinski definition) is 2. The highest BCUT2D eigenvalue weighted by atomic mass is 19.1. The zero-order valence-electron chi connectivity index (χ0n) is 22.0. The number of carbonyl (C=O) groups excluding carboxylic acids is 2. The Morgan fingerprint density at radius 3 is 2.09 bits per heavy atom. The zero-order chi connectivity index (χ0) is 26.1. The summed E-state index contributed by atoms with van der Waals surface area (Å²) in [7, 11) is 0. The maximum absolute atomic E-state index is 13.4. The first-order valence-corrected chi connectivity index (χ1v) is 12.0. The molecule has 0 radical (unpaired) electrons. The highest BCUT2D eigenvalue weighted by molar-refractivity contribution is 5.94. The van der Waals surface area contributed by atoms with Crippen molar-refractivity contribution < 1.29 is 14.0 Å². The van der Waals surface area contributed by atoms with Gasteiger partial charge in [-0.25, -0.2) is 4.39 Å². The lowest BCUT2D eigenvalue weighted by Gasteiger charge is -2.38. The molecule has 0 aliphatic carbocycles. The van der Waals surface area contributed by atoms with Crippen LogP contribution in [-0.2, 0) is 11.2 Å². The van der Waals surface area contributed by atoms with Crippen LogP contribution >= 0.6 is 0 Å². The number of aryl methyl sites for hydroxylation is 1. The Morgan fingerprint density at radius 2 is 1.62 bits per heavy atom. The predicted molar refractivity (Wildman–Crippen MR) is 139 cm³/mol. The van der Waals surface area contributed by atoms with Gasteiger partial charge >= 0.3 is 0 Å². The summed E-state index contributed by atoms with van der Waals surface area (Å²) in [5.41, 5.74) is 2.69. The van der Waals surface area contributed by atoms with Crippen molar-refractivity contribution in [1.29, 1.82) is 5.41 Å². The molecule has 4 nitrogen and oxygen atoms in total. The molecule has 0 aromatic heterocycles. The van der Waals surface area contributed by atoms with Crippen LogP contribution in [0.25, 0.3) is 0 Å². The molecule has 5 heteroatoms. The summed E-state index contributed by atoms with van der Waals surface area (Å²) in [6.45, 7) is 15.7. The monoisotopic (exact) mass is 468 g/mol. The minimum absolute atomic E-state index is 0.0718. The molecule has 2 aromatic carbocycles. The summed E-state index contributed by atoms with van der Waals surface area (Å²) in [6.07, 6.45) is 1.14. The molecule has 0 spiro atoms. The number of benzene rings is 2. The summed E-state index contributed by atoms with van der Waals surface area (Å²) in [6, 6.07) is 14.1. The van der Waals surface area contributed by atoms with Gasteiger partial charge < -0.3 is 15.5 Å². The van der Waals surface area contributed by atoms with Crippen LogP contribution in [0, 0.1) is 28.5 Å². The average molecular weight is 469 g/mol. The van der Waals surface area contributed by atoms with Gasteiger partial charge in [0.1, 0.15) is 11.6 Å². The van der Waals surface area contributed by atoms with Crippen LogP contribution in [0.5, 0.6) is 0 Å². The van der Waals surface area contributed by atoms with E-state index in [1.807, 2.05) is 58.0 Å². The molecule has 1 unspecified atom stereocenters. The Bertz CT molecular complexity index is 971. The Balaban J connectivity index is 0.000000365. The third-order valence-electron chi connectivity index (χ3n) is 6.92. The van der Waals surface area contributed by atoms with Gasteiger partial charge in [0.25, 0.3) is 5.91 Å². The molecule has 0 aliphatic rings. The first-order valence-electron chi connectivity index (χ1n) is 12.0. The number of nitrogens with one attached hydrogen (secondary N) is 2. The fourth-order valence-electron chi connectivity index (χ4n) is 3.98. The molecule has 0 fully saturated rings. The molecule has 34 heavy (non-hydrogen) atoms. The third-order valence-corrected chi connectivity index (χ3v) is 6.92. The van der Waals surface area contributed by atoms with Crippen molar-refractivity contribution >= 4 is 17.4 Å². The van der Waals surface area contributed by atoms with Crippen LogP contribution in [0.15, 0.2) is 48.5 Å². The highest BCUT2D eigenvalue weighted by Crippen LogP contribution is 2.39. The molecule has 0 aliphatic heterocycles. The molecule has 186 valence electrons. The molecule has 0 heterocycles. The second kappa shape index (κ2) is 13.2. The van der Waals surface area contributed by atoms with E-state index in [4.69, 9.17) is 5.41 Å². The number of carbonyl (C=O) groups is 2. The summed E-state index contributed by atoms with van der Waals surface area (Å²) in [5, 5.41) is 10.6. The predicted octanol–water partition coefficient (Wildman–Crippen LogP) is 7.18. The van der Waals surface area contributed by atoms with E-state index in [9.17, 15) is 14.0 Å². The minimum atomic E-state index is -0.264. The topological polar surface area (TPSA) is 70.0 Å². The second-order valence-electron chi connectivity index (χ2n) is 9.71. The molecule has 1 amide bonds. The van der Waals surface area contributed by atoms with Gasteiger partial charge in [-0.1, -0.05) is 65.0 Å². The van der Waals surface area contributed by atoms with E-state index in [2.05, 4.69) is 26.1 Å². The molecule has 2 aromatic rings. The first-order chi connectivity index (χ1) is 15.8. The van der Waals surface area contributed by atoms with Crippen molar-refractivity contribution in [3.63, 3.8) is 0 Å². The lowest BCUT2D eigenvalue weighted by molar-refractivity contribution is -0.120. The van der Waals surface area contributed by atoms with Gasteiger partial charge in [-0.15, -0.1) is 0 Å². The van der Waals surface area contributed by atoms with Gasteiger partial charge in [-0.3, -0.25) is 4.79 Å². The van der Waals surface area contributed by atoms with Crippen LogP contribution < -0.4 is 5.32 Å². The summed E-state index contributed by atoms with van der Waals surface area (Å²) >= 11 is 0. The number of hydrogen-bond acceptors (Lipinski definition) is 3. The summed E-state index contributed by atoms with van der Waals surface area (Å²) in [4.78, 5) is 23.4. The van der Waals surface area contributed by atoms with Crippen molar-refractivity contribution in [2.75, 3.05) is 0 Å². The minimum Gasteiger partial charge on any atom is -0.346 e. The van der Waals surface area contributed by atoms with E-state index in [1.165, 1.54) is 12.1 Å². The normalized spacial score (nSPS) is 14.3. The molecule has 2 rings (SSSR count). The fraction of sp³-hybridized carbons (Fsp3) is 0.483. The Kier molecular flexibility index (Phi) is 11.3. The van der Waals surface area contributed by atoms with E-state index >= 15 is 0 Å². The number of halogens is 1. The quantitative estimate of drug-likeness (QED) is 0.383. The molecule has 0 saturated heterocycles. The van der Waals surface area contributed by atoms with Crippen LogP contribution in [0.3, 0.4) is 0 Å². The molecular formula is C29H41FN2O2. The van der Waals surface area contributed by atoms with Crippen LogP contribution in [-0.4, -0.2) is 17.4 Å². The standard InChI is InChI=1S/C17H18FNO.C12H23NO/c1-3-13-11-15(9-10-16(13)18)17(20)19-12(2)14-7-5-4-6-8-14;1-8(2)12(6,7-9(3)14)10(4)11(5)13/h4-12H,3H2,1-2H3,(H,19,20);8,10,13H,7H2,1-6H3/t12-;10?,12-/m00/s1. The van der Waals surface area contributed by atoms with Gasteiger partial charge in [0.15, 0.2) is 0 Å². The van der Waals surface area contributed by atoms with Crippen molar-refractivity contribution in [3.8, 4) is 0 Å². The third kappa shape index (κ3) is 8.19. The number of rotatable bonds is 9. The van der Waals surface area contributed by atoms with E-state index < -0.39 is 0 Å². The van der Waals surface area contributed by atoms with Crippen molar-refractivity contribution in [2.45, 2.75) is 74.3 Å². The molecule has 3 atom stereocenters. The first kappa shape index (κ1) is 29.2.